The van der Waals surface area contributed by atoms with Crippen molar-refractivity contribution in [3.05, 3.63) is 87.9 Å². The Morgan fingerprint density at radius 2 is 1.91 bits per heavy atom. The molecule has 1 aliphatic heterocycles. The van der Waals surface area contributed by atoms with E-state index in [0.29, 0.717) is 26.1 Å². The second-order valence-corrected chi connectivity index (χ2v) is 10.5. The van der Waals surface area contributed by atoms with Crippen LogP contribution in [0.5, 0.6) is 0 Å². The minimum atomic E-state index is -0.261. The van der Waals surface area contributed by atoms with Crippen molar-refractivity contribution in [2.24, 2.45) is 0 Å². The summed E-state index contributed by atoms with van der Waals surface area (Å²) in [5.41, 5.74) is 2.95. The third-order valence-electron chi connectivity index (χ3n) is 7.35. The number of likely N-dealkylation sites (tertiary alicyclic amines) is 1. The second kappa shape index (κ2) is 10.3. The number of carbonyl (C=O) groups is 2. The third-order valence-corrected chi connectivity index (χ3v) is 8.29. The van der Waals surface area contributed by atoms with Crippen LogP contribution in [-0.2, 0) is 32.8 Å². The first-order chi connectivity index (χ1) is 17.1. The Morgan fingerprint density at radius 1 is 1.11 bits per heavy atom. The minimum absolute atomic E-state index is 0.0746. The Balaban J connectivity index is 1.36. The van der Waals surface area contributed by atoms with Gasteiger partial charge in [0.1, 0.15) is 0 Å². The molecule has 35 heavy (non-hydrogen) atoms. The number of benzene rings is 1. The Kier molecular flexibility index (Phi) is 6.97. The monoisotopic (exact) mass is 489 g/mol. The fraction of sp³-hybridized carbons (Fsp3) is 0.393. The van der Waals surface area contributed by atoms with Gasteiger partial charge >= 0.3 is 0 Å². The first-order valence-corrected chi connectivity index (χ1v) is 13.1. The second-order valence-electron chi connectivity index (χ2n) is 9.43. The number of ether oxygens (including phenoxy) is 1. The first kappa shape index (κ1) is 23.7. The van der Waals surface area contributed by atoms with Crippen LogP contribution in [0.1, 0.15) is 53.9 Å². The number of fused-ring (bicyclic) bond motifs is 2. The zero-order chi connectivity index (χ0) is 24.3. The number of nitrogens with one attached hydrogen (secondary N) is 1. The lowest BCUT2D eigenvalue weighted by Gasteiger charge is -2.44. The van der Waals surface area contributed by atoms with Crippen molar-refractivity contribution in [2.45, 2.75) is 56.8 Å². The zero-order valence-corrected chi connectivity index (χ0v) is 20.8. The SMILES string of the molecule is CC(=O)N[C@H]1c2ccccc2C2(CCN(C(=O)CCc3cccs3)CC2)[C@@H]1OCc1ccccn1. The van der Waals surface area contributed by atoms with Gasteiger partial charge in [-0.15, -0.1) is 11.3 Å². The van der Waals surface area contributed by atoms with Crippen LogP contribution in [0.3, 0.4) is 0 Å². The maximum atomic E-state index is 13.0. The molecule has 3 aromatic rings. The van der Waals surface area contributed by atoms with Crippen LogP contribution < -0.4 is 5.32 Å². The van der Waals surface area contributed by atoms with Crippen LogP contribution in [0.25, 0.3) is 0 Å². The predicted molar refractivity (Wildman–Crippen MR) is 136 cm³/mol. The van der Waals surface area contributed by atoms with E-state index in [4.69, 9.17) is 4.74 Å². The topological polar surface area (TPSA) is 71.5 Å². The molecule has 7 heteroatoms. The van der Waals surface area contributed by atoms with Gasteiger partial charge in [-0.25, -0.2) is 0 Å². The van der Waals surface area contributed by atoms with Gasteiger partial charge in [-0.2, -0.15) is 0 Å². The molecule has 0 saturated carbocycles. The number of pyridine rings is 1. The van der Waals surface area contributed by atoms with E-state index in [0.717, 1.165) is 30.5 Å². The predicted octanol–water partition coefficient (Wildman–Crippen LogP) is 4.41. The lowest BCUT2D eigenvalue weighted by Crippen LogP contribution is -2.51. The molecule has 1 aromatic carbocycles. The molecule has 3 heterocycles. The number of rotatable bonds is 7. The van der Waals surface area contributed by atoms with Gasteiger partial charge in [0, 0.05) is 42.9 Å². The summed E-state index contributed by atoms with van der Waals surface area (Å²) in [6, 6.07) is 18.0. The maximum absolute atomic E-state index is 13.0. The highest BCUT2D eigenvalue weighted by Gasteiger charge is 2.54. The normalized spacial score (nSPS) is 20.5. The molecule has 1 N–H and O–H groups in total. The highest BCUT2D eigenvalue weighted by molar-refractivity contribution is 7.09. The lowest BCUT2D eigenvalue weighted by atomic mass is 9.71. The van der Waals surface area contributed by atoms with Gasteiger partial charge in [0.25, 0.3) is 0 Å². The van der Waals surface area contributed by atoms with Crippen molar-refractivity contribution >= 4 is 23.2 Å². The van der Waals surface area contributed by atoms with Crippen LogP contribution in [0.4, 0.5) is 0 Å². The highest BCUT2D eigenvalue weighted by Crippen LogP contribution is 2.52. The van der Waals surface area contributed by atoms with Crippen LogP contribution in [-0.4, -0.2) is 40.9 Å². The number of carbonyl (C=O) groups excluding carboxylic acids is 2. The van der Waals surface area contributed by atoms with E-state index in [1.165, 1.54) is 10.4 Å². The number of nitrogens with zero attached hydrogens (tertiary/aromatic N) is 2. The van der Waals surface area contributed by atoms with E-state index in [1.807, 2.05) is 35.2 Å². The molecule has 1 saturated heterocycles. The molecule has 6 nitrogen and oxygen atoms in total. The van der Waals surface area contributed by atoms with Crippen LogP contribution in [0, 0.1) is 0 Å². The summed E-state index contributed by atoms with van der Waals surface area (Å²) in [4.78, 5) is 32.8. The standard InChI is InChI=1S/C28H31N3O3S/c1-20(32)30-26-23-9-2-3-10-24(23)28(27(26)34-19-21-7-4-5-15-29-21)13-16-31(17-14-28)25(33)12-11-22-8-6-18-35-22/h2-10,15,18,26-27H,11-14,16-17,19H2,1H3,(H,30,32)/t26-,27+/m0/s1. The highest BCUT2D eigenvalue weighted by atomic mass is 32.1. The number of thiophene rings is 1. The number of amides is 2. The van der Waals surface area contributed by atoms with Gasteiger partial charge in [0.05, 0.1) is 24.4 Å². The van der Waals surface area contributed by atoms with E-state index in [2.05, 4.69) is 39.9 Å². The number of aryl methyl sites for hydroxylation is 1. The maximum Gasteiger partial charge on any atom is 0.222 e. The first-order valence-electron chi connectivity index (χ1n) is 12.2. The summed E-state index contributed by atoms with van der Waals surface area (Å²) >= 11 is 1.70. The van der Waals surface area contributed by atoms with Gasteiger partial charge in [0.2, 0.25) is 11.8 Å². The smallest absolute Gasteiger partial charge is 0.222 e. The summed E-state index contributed by atoms with van der Waals surface area (Å²) in [6.07, 6.45) is 4.48. The third kappa shape index (κ3) is 4.88. The van der Waals surface area contributed by atoms with Crippen molar-refractivity contribution in [1.82, 2.24) is 15.2 Å². The molecule has 1 fully saturated rings. The molecular weight excluding hydrogens is 458 g/mol. The molecule has 1 spiro atoms. The molecule has 2 atom stereocenters. The lowest BCUT2D eigenvalue weighted by molar-refractivity contribution is -0.134. The van der Waals surface area contributed by atoms with Crippen molar-refractivity contribution in [3.8, 4) is 0 Å². The van der Waals surface area contributed by atoms with Gasteiger partial charge < -0.3 is 15.0 Å². The van der Waals surface area contributed by atoms with Gasteiger partial charge in [-0.1, -0.05) is 36.4 Å². The Labute approximate surface area is 210 Å². The summed E-state index contributed by atoms with van der Waals surface area (Å²) in [6.45, 7) is 3.31. The molecule has 0 radical (unpaired) electrons. The fourth-order valence-corrected chi connectivity index (χ4v) is 6.40. The van der Waals surface area contributed by atoms with Crippen molar-refractivity contribution in [3.63, 3.8) is 0 Å². The summed E-state index contributed by atoms with van der Waals surface area (Å²) in [5, 5.41) is 5.22. The van der Waals surface area contributed by atoms with Gasteiger partial charge in [-0.3, -0.25) is 14.6 Å². The van der Waals surface area contributed by atoms with Crippen molar-refractivity contribution < 1.29 is 14.3 Å². The van der Waals surface area contributed by atoms with Crippen molar-refractivity contribution in [2.75, 3.05) is 13.1 Å². The Morgan fingerprint density at radius 3 is 2.63 bits per heavy atom. The number of hydrogen-bond acceptors (Lipinski definition) is 5. The summed E-state index contributed by atoms with van der Waals surface area (Å²) in [5.74, 6) is 0.137. The zero-order valence-electron chi connectivity index (χ0n) is 20.0. The van der Waals surface area contributed by atoms with E-state index in [9.17, 15) is 9.59 Å². The molecule has 0 bridgehead atoms. The molecule has 2 aromatic heterocycles. The molecular formula is C28H31N3O3S. The minimum Gasteiger partial charge on any atom is -0.368 e. The molecule has 1 aliphatic carbocycles. The largest absolute Gasteiger partial charge is 0.368 e. The Bertz CT molecular complexity index is 1160. The van der Waals surface area contributed by atoms with E-state index in [-0.39, 0.29) is 29.4 Å². The molecule has 0 unspecified atom stereocenters. The Hall–Kier alpha value is -3.03. The molecule has 2 amide bonds. The van der Waals surface area contributed by atoms with Crippen LogP contribution in [0.2, 0.25) is 0 Å². The molecule has 2 aliphatic rings. The number of aromatic nitrogens is 1. The quantitative estimate of drug-likeness (QED) is 0.534. The average Bonchev–Trinajstić information content (AvgIpc) is 3.48. The van der Waals surface area contributed by atoms with Crippen molar-refractivity contribution in [1.29, 1.82) is 0 Å². The number of hydrogen-bond donors (Lipinski definition) is 1. The van der Waals surface area contributed by atoms with Crippen LogP contribution >= 0.6 is 11.3 Å². The summed E-state index contributed by atoms with van der Waals surface area (Å²) < 4.78 is 6.59. The van der Waals surface area contributed by atoms with Gasteiger partial charge in [0.15, 0.2) is 0 Å². The van der Waals surface area contributed by atoms with E-state index >= 15 is 0 Å². The average molecular weight is 490 g/mol. The van der Waals surface area contributed by atoms with Gasteiger partial charge in [-0.05, 0) is 54.0 Å². The summed E-state index contributed by atoms with van der Waals surface area (Å²) in [7, 11) is 0. The van der Waals surface area contributed by atoms with E-state index in [1.54, 1.807) is 24.5 Å². The fourth-order valence-electron chi connectivity index (χ4n) is 5.70. The molecule has 182 valence electrons. The van der Waals surface area contributed by atoms with Crippen LogP contribution in [0.15, 0.2) is 66.2 Å². The molecule has 5 rings (SSSR count). The number of piperidine rings is 1. The van der Waals surface area contributed by atoms with E-state index < -0.39 is 0 Å².